The van der Waals surface area contributed by atoms with Gasteiger partial charge in [-0.1, -0.05) is 299 Å². The van der Waals surface area contributed by atoms with Crippen molar-refractivity contribution in [3.8, 4) is 66.8 Å². The van der Waals surface area contributed by atoms with E-state index in [1.54, 1.807) is 0 Å². The van der Waals surface area contributed by atoms with Crippen molar-refractivity contribution in [2.75, 3.05) is 0 Å². The summed E-state index contributed by atoms with van der Waals surface area (Å²) in [6, 6.07) is 83.4. The van der Waals surface area contributed by atoms with Crippen molar-refractivity contribution >= 4 is 0 Å². The number of aryl methyl sites for hydroxylation is 2. The molecule has 9 aromatic carbocycles. The molecule has 0 nitrogen and oxygen atoms in total. The van der Waals surface area contributed by atoms with Crippen LogP contribution in [0.2, 0.25) is 0 Å². The highest BCUT2D eigenvalue weighted by molar-refractivity contribution is 5.84. The predicted octanol–water partition coefficient (Wildman–Crippen LogP) is 20.7. The average Bonchev–Trinajstić information content (AvgIpc) is 3.42. The first-order chi connectivity index (χ1) is 33.0. The number of hydrogen-bond acceptors (Lipinski definition) is 0. The topological polar surface area (TPSA) is 0 Å². The second-order valence-electron chi connectivity index (χ2n) is 15.1. The molecular formula is C67H76. The molecular weight excluding hydrogens is 805 g/mol. The molecule has 0 bridgehead atoms. The normalized spacial score (nSPS) is 9.54. The lowest BCUT2D eigenvalue weighted by molar-refractivity contribution is 1.09. The summed E-state index contributed by atoms with van der Waals surface area (Å²) in [5.74, 6) is 0. The summed E-state index contributed by atoms with van der Waals surface area (Å²) in [5, 5.41) is 0. The van der Waals surface area contributed by atoms with Crippen molar-refractivity contribution in [3.05, 3.63) is 253 Å². The van der Waals surface area contributed by atoms with Crippen molar-refractivity contribution < 1.29 is 0 Å². The van der Waals surface area contributed by atoms with Crippen LogP contribution in [0.15, 0.2) is 237 Å². The van der Waals surface area contributed by atoms with Crippen LogP contribution >= 0.6 is 0 Å². The van der Waals surface area contributed by atoms with Gasteiger partial charge in [-0.2, -0.15) is 0 Å². The van der Waals surface area contributed by atoms with Crippen LogP contribution in [0.4, 0.5) is 0 Å². The average molecular weight is 881 g/mol. The Kier molecular flexibility index (Phi) is 25.8. The molecule has 0 aliphatic carbocycles. The van der Waals surface area contributed by atoms with Crippen molar-refractivity contribution in [3.63, 3.8) is 0 Å². The van der Waals surface area contributed by atoms with Gasteiger partial charge in [0.25, 0.3) is 0 Å². The standard InChI is InChI=1S/C20H18.2C19H16.C3H8.3C2H6/c1-2-16-13-14-19(17-9-5-3-6-10-17)20(15-16)18-11-7-4-8-12-18;1-15-18(16-9-4-2-5-10-16)13-8-14-19(15)17-11-6-3-7-12-17;1-15-12-13-18(16-8-4-2-5-9-16)14-19(15)17-10-6-3-7-11-17;1-3-2;3*1-2/h3-15H,2H2,1H3;2*2-14H,1H3;3H2,1-2H3;3*1-2H3. The highest BCUT2D eigenvalue weighted by Gasteiger charge is 2.09. The Bertz CT molecular complexity index is 2520. The van der Waals surface area contributed by atoms with E-state index >= 15 is 0 Å². The van der Waals surface area contributed by atoms with Crippen molar-refractivity contribution in [2.24, 2.45) is 0 Å². The van der Waals surface area contributed by atoms with E-state index in [0.717, 1.165) is 6.42 Å². The molecule has 9 aromatic rings. The molecule has 0 amide bonds. The summed E-state index contributed by atoms with van der Waals surface area (Å²) in [6.45, 7) is 22.8. The molecule has 0 radical (unpaired) electrons. The highest BCUT2D eigenvalue weighted by atomic mass is 14.1. The number of hydrogen-bond donors (Lipinski definition) is 0. The third kappa shape index (κ3) is 16.7. The molecule has 0 aliphatic rings. The van der Waals surface area contributed by atoms with Crippen LogP contribution in [0.5, 0.6) is 0 Å². The molecule has 9 rings (SSSR count). The first kappa shape index (κ1) is 54.3. The van der Waals surface area contributed by atoms with Crippen LogP contribution in [0, 0.1) is 13.8 Å². The van der Waals surface area contributed by atoms with E-state index in [0.29, 0.717) is 0 Å². The van der Waals surface area contributed by atoms with Crippen LogP contribution in [-0.4, -0.2) is 0 Å². The molecule has 0 saturated carbocycles. The maximum absolute atomic E-state index is 2.32. The van der Waals surface area contributed by atoms with Gasteiger partial charge in [0.15, 0.2) is 0 Å². The molecule has 0 N–H and O–H groups in total. The summed E-state index contributed by atoms with van der Waals surface area (Å²) in [4.78, 5) is 0. The fraction of sp³-hybridized carbons (Fsp3) is 0.194. The maximum atomic E-state index is 2.32. The Balaban J connectivity index is 0.000000245. The van der Waals surface area contributed by atoms with Gasteiger partial charge in [0, 0.05) is 0 Å². The largest absolute Gasteiger partial charge is 0.0683 e. The van der Waals surface area contributed by atoms with Gasteiger partial charge in [-0.3, -0.25) is 0 Å². The minimum Gasteiger partial charge on any atom is -0.0683 e. The summed E-state index contributed by atoms with van der Waals surface area (Å²) >= 11 is 0. The smallest absolute Gasteiger partial charge is 0.0103 e. The lowest BCUT2D eigenvalue weighted by atomic mass is 9.92. The molecule has 0 aromatic heterocycles. The van der Waals surface area contributed by atoms with E-state index in [4.69, 9.17) is 0 Å². The molecule has 0 saturated heterocycles. The first-order valence-electron chi connectivity index (χ1n) is 24.7. The Labute approximate surface area is 407 Å². The fourth-order valence-corrected chi connectivity index (χ4v) is 7.39. The van der Waals surface area contributed by atoms with Crippen molar-refractivity contribution in [1.29, 1.82) is 0 Å². The third-order valence-corrected chi connectivity index (χ3v) is 10.6. The SMILES string of the molecule is CC.CC.CC.CCC.CCc1ccc(-c2ccccc2)c(-c2ccccc2)c1.Cc1c(-c2ccccc2)cccc1-c1ccccc1.Cc1ccc(-c2ccccc2)cc1-c1ccccc1. The lowest BCUT2D eigenvalue weighted by Crippen LogP contribution is -1.88. The zero-order chi connectivity index (χ0) is 48.7. The van der Waals surface area contributed by atoms with E-state index in [1.807, 2.05) is 41.5 Å². The molecule has 67 heavy (non-hydrogen) atoms. The predicted molar refractivity (Wildman–Crippen MR) is 301 cm³/mol. The Morgan fingerprint density at radius 3 is 0.955 bits per heavy atom. The van der Waals surface area contributed by atoms with Crippen LogP contribution in [0.25, 0.3) is 66.8 Å². The lowest BCUT2D eigenvalue weighted by Gasteiger charge is -2.12. The quantitative estimate of drug-likeness (QED) is 0.150. The summed E-state index contributed by atoms with van der Waals surface area (Å²) in [6.07, 6.45) is 2.31. The maximum Gasteiger partial charge on any atom is -0.0103 e. The van der Waals surface area contributed by atoms with Crippen LogP contribution in [0.3, 0.4) is 0 Å². The first-order valence-corrected chi connectivity index (χ1v) is 24.7. The monoisotopic (exact) mass is 881 g/mol. The number of benzene rings is 9. The van der Waals surface area contributed by atoms with Gasteiger partial charge in [0.1, 0.15) is 0 Å². The number of rotatable bonds is 7. The minimum atomic E-state index is 1.06. The molecule has 0 heteroatoms. The van der Waals surface area contributed by atoms with Gasteiger partial charge in [0.2, 0.25) is 0 Å². The summed E-state index contributed by atoms with van der Waals surface area (Å²) < 4.78 is 0. The summed E-state index contributed by atoms with van der Waals surface area (Å²) in [5.41, 5.74) is 19.5. The van der Waals surface area contributed by atoms with E-state index in [1.165, 1.54) is 89.9 Å². The fourth-order valence-electron chi connectivity index (χ4n) is 7.39. The van der Waals surface area contributed by atoms with Gasteiger partial charge >= 0.3 is 0 Å². The van der Waals surface area contributed by atoms with E-state index in [9.17, 15) is 0 Å². The summed E-state index contributed by atoms with van der Waals surface area (Å²) in [7, 11) is 0. The third-order valence-electron chi connectivity index (χ3n) is 10.6. The molecule has 0 heterocycles. The highest BCUT2D eigenvalue weighted by Crippen LogP contribution is 2.34. The van der Waals surface area contributed by atoms with Gasteiger partial charge < -0.3 is 0 Å². The zero-order valence-corrected chi connectivity index (χ0v) is 42.4. The Morgan fingerprint density at radius 1 is 0.254 bits per heavy atom. The molecule has 0 atom stereocenters. The van der Waals surface area contributed by atoms with E-state index < -0.39 is 0 Å². The molecule has 0 aliphatic heterocycles. The van der Waals surface area contributed by atoms with Crippen LogP contribution in [0.1, 0.15) is 85.4 Å². The van der Waals surface area contributed by atoms with Crippen LogP contribution in [-0.2, 0) is 6.42 Å². The Hall–Kier alpha value is -7.02. The van der Waals surface area contributed by atoms with Crippen LogP contribution < -0.4 is 0 Å². The van der Waals surface area contributed by atoms with Crippen molar-refractivity contribution in [2.45, 2.75) is 89.0 Å². The van der Waals surface area contributed by atoms with Gasteiger partial charge in [-0.05, 0) is 110 Å². The van der Waals surface area contributed by atoms with E-state index in [2.05, 4.69) is 271 Å². The second-order valence-corrected chi connectivity index (χ2v) is 15.1. The molecule has 344 valence electrons. The Morgan fingerprint density at radius 2 is 0.582 bits per heavy atom. The van der Waals surface area contributed by atoms with Crippen molar-refractivity contribution in [1.82, 2.24) is 0 Å². The van der Waals surface area contributed by atoms with Gasteiger partial charge in [-0.15, -0.1) is 0 Å². The second kappa shape index (κ2) is 31.8. The minimum absolute atomic E-state index is 1.06. The van der Waals surface area contributed by atoms with Gasteiger partial charge in [0.05, 0.1) is 0 Å². The molecule has 0 fully saturated rings. The zero-order valence-electron chi connectivity index (χ0n) is 42.4. The van der Waals surface area contributed by atoms with E-state index in [-0.39, 0.29) is 0 Å². The molecule has 0 unspecified atom stereocenters. The van der Waals surface area contributed by atoms with Gasteiger partial charge in [-0.25, -0.2) is 0 Å². The molecule has 0 spiro atoms.